The number of likely N-dealkylation sites (tertiary alicyclic amines) is 1. The van der Waals surface area contributed by atoms with Crippen LogP contribution >= 0.6 is 22.9 Å². The smallest absolute Gasteiger partial charge is 0.466 e. The molecule has 1 aromatic carbocycles. The van der Waals surface area contributed by atoms with E-state index in [1.807, 2.05) is 0 Å². The third kappa shape index (κ3) is 3.45. The molecular weight excluding hydrogens is 407 g/mol. The Hall–Kier alpha value is -2.00. The van der Waals surface area contributed by atoms with Gasteiger partial charge in [-0.3, -0.25) is 9.59 Å². The lowest BCUT2D eigenvalue weighted by Gasteiger charge is -2.51. The van der Waals surface area contributed by atoms with E-state index in [4.69, 9.17) is 16.3 Å². The highest BCUT2D eigenvalue weighted by atomic mass is 35.5. The van der Waals surface area contributed by atoms with Gasteiger partial charge in [0.1, 0.15) is 10.6 Å². The second-order valence-corrected chi connectivity index (χ2v) is 8.19. The normalized spacial score (nSPS) is 19.1. The van der Waals surface area contributed by atoms with Crippen LogP contribution in [0, 0.1) is 5.41 Å². The van der Waals surface area contributed by atoms with Gasteiger partial charge in [-0.25, -0.2) is 0 Å². The van der Waals surface area contributed by atoms with Crippen molar-refractivity contribution in [3.05, 3.63) is 28.1 Å². The van der Waals surface area contributed by atoms with Crippen molar-refractivity contribution >= 4 is 44.9 Å². The average Bonchev–Trinajstić information content (AvgIpc) is 2.86. The van der Waals surface area contributed by atoms with E-state index in [0.717, 1.165) is 17.4 Å². The fraction of sp³-hybridized carbons (Fsp3) is 0.412. The first-order chi connectivity index (χ1) is 12.7. The molecule has 0 saturated carbocycles. The van der Waals surface area contributed by atoms with Crippen LogP contribution in [0.2, 0.25) is 5.02 Å². The number of esters is 1. The first-order valence-corrected chi connectivity index (χ1v) is 9.28. The standard InChI is InChI=1S/C17H13ClF3NO4S/c18-13-10-2-1-9(26-17(19,20)21)5-11(10)27-14(13)15(24)22-7-16(8-22)3-4-25-12(23)6-16/h1-2,5H,3-4,6-8H2. The number of nitrogens with zero attached hydrogens (tertiary/aromatic N) is 1. The van der Waals surface area contributed by atoms with Gasteiger partial charge in [0.05, 0.1) is 18.1 Å². The molecule has 0 atom stereocenters. The molecular formula is C17H13ClF3NO4S. The van der Waals surface area contributed by atoms with E-state index in [1.54, 1.807) is 4.90 Å². The highest BCUT2D eigenvalue weighted by Gasteiger charge is 2.49. The summed E-state index contributed by atoms with van der Waals surface area (Å²) in [7, 11) is 0. The van der Waals surface area contributed by atoms with Crippen molar-refractivity contribution in [1.29, 1.82) is 0 Å². The SMILES string of the molecule is O=C1CC2(CCO1)CN(C(=O)c1sc3cc(OC(F)(F)F)ccc3c1Cl)C2. The van der Waals surface area contributed by atoms with Crippen molar-refractivity contribution in [2.75, 3.05) is 19.7 Å². The van der Waals surface area contributed by atoms with E-state index in [1.165, 1.54) is 12.1 Å². The van der Waals surface area contributed by atoms with Crippen molar-refractivity contribution in [3.8, 4) is 5.75 Å². The topological polar surface area (TPSA) is 55.8 Å². The highest BCUT2D eigenvalue weighted by Crippen LogP contribution is 2.44. The molecule has 0 N–H and O–H groups in total. The molecule has 10 heteroatoms. The molecule has 1 amide bonds. The van der Waals surface area contributed by atoms with E-state index in [9.17, 15) is 22.8 Å². The number of carbonyl (C=O) groups excluding carboxylic acids is 2. The molecule has 1 spiro atoms. The number of thiophene rings is 1. The Bertz CT molecular complexity index is 936. The van der Waals surface area contributed by atoms with E-state index in [-0.39, 0.29) is 39.4 Å². The number of carbonyl (C=O) groups is 2. The van der Waals surface area contributed by atoms with E-state index < -0.39 is 6.36 Å². The maximum absolute atomic E-state index is 12.8. The van der Waals surface area contributed by atoms with Crippen molar-refractivity contribution in [2.24, 2.45) is 5.41 Å². The van der Waals surface area contributed by atoms with Gasteiger partial charge in [-0.15, -0.1) is 24.5 Å². The summed E-state index contributed by atoms with van der Waals surface area (Å²) < 4.78 is 46.4. The molecule has 5 nitrogen and oxygen atoms in total. The molecule has 2 aliphatic rings. The number of amides is 1. The summed E-state index contributed by atoms with van der Waals surface area (Å²) >= 11 is 7.31. The van der Waals surface area contributed by atoms with Crippen LogP contribution in [0.25, 0.3) is 10.1 Å². The minimum absolute atomic E-state index is 0.211. The number of hydrogen-bond acceptors (Lipinski definition) is 5. The Morgan fingerprint density at radius 2 is 2.07 bits per heavy atom. The van der Waals surface area contributed by atoms with Gasteiger partial charge in [0.15, 0.2) is 0 Å². The summed E-state index contributed by atoms with van der Waals surface area (Å²) in [6, 6.07) is 3.78. The third-order valence-electron chi connectivity index (χ3n) is 4.78. The lowest BCUT2D eigenvalue weighted by Crippen LogP contribution is -2.60. The predicted octanol–water partition coefficient (Wildman–Crippen LogP) is 4.23. The quantitative estimate of drug-likeness (QED) is 0.683. The molecule has 144 valence electrons. The Labute approximate surface area is 160 Å². The largest absolute Gasteiger partial charge is 0.573 e. The molecule has 4 rings (SSSR count). The van der Waals surface area contributed by atoms with Gasteiger partial charge in [-0.1, -0.05) is 11.6 Å². The first-order valence-electron chi connectivity index (χ1n) is 8.09. The molecule has 1 aromatic heterocycles. The monoisotopic (exact) mass is 419 g/mol. The molecule has 0 radical (unpaired) electrons. The summed E-state index contributed by atoms with van der Waals surface area (Å²) in [5, 5.41) is 0.707. The average molecular weight is 420 g/mol. The second kappa shape index (κ2) is 6.27. The van der Waals surface area contributed by atoms with Gasteiger partial charge in [0.25, 0.3) is 5.91 Å². The molecule has 0 unspecified atom stereocenters. The Balaban J connectivity index is 1.54. The number of alkyl halides is 3. The highest BCUT2D eigenvalue weighted by molar-refractivity contribution is 7.21. The molecule has 2 fully saturated rings. The van der Waals surface area contributed by atoms with Crippen molar-refractivity contribution in [1.82, 2.24) is 4.90 Å². The fourth-order valence-electron chi connectivity index (χ4n) is 3.53. The van der Waals surface area contributed by atoms with Gasteiger partial charge in [0.2, 0.25) is 0 Å². The summed E-state index contributed by atoms with van der Waals surface area (Å²) in [5.74, 6) is -0.912. The number of fused-ring (bicyclic) bond motifs is 1. The van der Waals surface area contributed by atoms with Gasteiger partial charge in [-0.05, 0) is 24.6 Å². The maximum Gasteiger partial charge on any atom is 0.573 e. The molecule has 3 heterocycles. The minimum atomic E-state index is -4.79. The summed E-state index contributed by atoms with van der Waals surface area (Å²) in [4.78, 5) is 26.1. The van der Waals surface area contributed by atoms with Crippen molar-refractivity contribution in [2.45, 2.75) is 19.2 Å². The lowest BCUT2D eigenvalue weighted by molar-refractivity contribution is -0.274. The van der Waals surface area contributed by atoms with E-state index >= 15 is 0 Å². The number of ether oxygens (including phenoxy) is 2. The third-order valence-corrected chi connectivity index (χ3v) is 6.43. The zero-order chi connectivity index (χ0) is 19.4. The lowest BCUT2D eigenvalue weighted by atomic mass is 9.73. The minimum Gasteiger partial charge on any atom is -0.466 e. The van der Waals surface area contributed by atoms with Gasteiger partial charge in [-0.2, -0.15) is 0 Å². The van der Waals surface area contributed by atoms with Crippen LogP contribution in [0.1, 0.15) is 22.5 Å². The molecule has 2 aliphatic heterocycles. The van der Waals surface area contributed by atoms with Crippen LogP contribution in [-0.2, 0) is 9.53 Å². The van der Waals surface area contributed by atoms with Crippen LogP contribution in [0.3, 0.4) is 0 Å². The summed E-state index contributed by atoms with van der Waals surface area (Å²) in [6.45, 7) is 1.23. The number of rotatable bonds is 2. The number of hydrogen-bond donors (Lipinski definition) is 0. The molecule has 2 saturated heterocycles. The zero-order valence-corrected chi connectivity index (χ0v) is 15.3. The molecule has 0 bridgehead atoms. The Morgan fingerprint density at radius 1 is 1.33 bits per heavy atom. The van der Waals surface area contributed by atoms with Crippen LogP contribution < -0.4 is 4.74 Å². The van der Waals surface area contributed by atoms with Gasteiger partial charge < -0.3 is 14.4 Å². The van der Waals surface area contributed by atoms with E-state index in [0.29, 0.717) is 36.2 Å². The van der Waals surface area contributed by atoms with E-state index in [2.05, 4.69) is 4.74 Å². The van der Waals surface area contributed by atoms with Gasteiger partial charge in [0, 0.05) is 28.6 Å². The predicted molar refractivity (Wildman–Crippen MR) is 92.0 cm³/mol. The zero-order valence-electron chi connectivity index (χ0n) is 13.8. The van der Waals surface area contributed by atoms with Crippen LogP contribution in [0.5, 0.6) is 5.75 Å². The summed E-state index contributed by atoms with van der Waals surface area (Å²) in [6.07, 6.45) is -3.80. The molecule has 0 aliphatic carbocycles. The number of benzene rings is 1. The van der Waals surface area contributed by atoms with Crippen molar-refractivity contribution < 1.29 is 32.2 Å². The maximum atomic E-state index is 12.8. The fourth-order valence-corrected chi connectivity index (χ4v) is 5.04. The van der Waals surface area contributed by atoms with Gasteiger partial charge >= 0.3 is 12.3 Å². The molecule has 2 aromatic rings. The summed E-state index contributed by atoms with van der Waals surface area (Å²) in [5.41, 5.74) is -0.234. The molecule has 27 heavy (non-hydrogen) atoms. The second-order valence-electron chi connectivity index (χ2n) is 6.76. The van der Waals surface area contributed by atoms with Crippen LogP contribution in [0.4, 0.5) is 13.2 Å². The van der Waals surface area contributed by atoms with Crippen molar-refractivity contribution in [3.63, 3.8) is 0 Å². The number of halogens is 4. The Kier molecular flexibility index (Phi) is 4.27. The van der Waals surface area contributed by atoms with Crippen LogP contribution in [0.15, 0.2) is 18.2 Å². The number of cyclic esters (lactones) is 1. The van der Waals surface area contributed by atoms with Crippen LogP contribution in [-0.4, -0.2) is 42.8 Å². The first kappa shape index (κ1) is 18.4. The Morgan fingerprint density at radius 3 is 2.74 bits per heavy atom.